The van der Waals surface area contributed by atoms with E-state index >= 15 is 0 Å². The molecule has 0 aliphatic heterocycles. The van der Waals surface area contributed by atoms with Crippen molar-refractivity contribution in [2.24, 2.45) is 0 Å². The Labute approximate surface area is 111 Å². The molecule has 3 rings (SSSR count). The van der Waals surface area contributed by atoms with E-state index in [2.05, 4.69) is 15.3 Å². The molecule has 0 saturated heterocycles. The molecule has 3 heterocycles. The smallest absolute Gasteiger partial charge is 0.223 e. The summed E-state index contributed by atoms with van der Waals surface area (Å²) in [5.41, 5.74) is 1.28. The van der Waals surface area contributed by atoms with E-state index in [0.717, 1.165) is 10.2 Å². The van der Waals surface area contributed by atoms with Gasteiger partial charge in [0.1, 0.15) is 5.69 Å². The van der Waals surface area contributed by atoms with Crippen molar-refractivity contribution in [3.05, 3.63) is 39.5 Å². The molecule has 18 heavy (non-hydrogen) atoms. The van der Waals surface area contributed by atoms with E-state index in [4.69, 9.17) is 0 Å². The van der Waals surface area contributed by atoms with Crippen molar-refractivity contribution in [2.75, 3.05) is 12.4 Å². The van der Waals surface area contributed by atoms with Crippen LogP contribution in [0.25, 0.3) is 10.2 Å². The van der Waals surface area contributed by atoms with Gasteiger partial charge in [-0.05, 0) is 22.9 Å². The van der Waals surface area contributed by atoms with Crippen LogP contribution in [0.4, 0.5) is 5.95 Å². The summed E-state index contributed by atoms with van der Waals surface area (Å²) in [6.07, 6.45) is 0. The van der Waals surface area contributed by atoms with Crippen molar-refractivity contribution in [3.63, 3.8) is 0 Å². The zero-order valence-corrected chi connectivity index (χ0v) is 11.1. The average Bonchev–Trinajstić information content (AvgIpc) is 3.07. The SMILES string of the molecule is CNc1nc(C(=O)c2cccs2)c2sccc2n1. The molecule has 90 valence electrons. The van der Waals surface area contributed by atoms with Crippen LogP contribution in [0.5, 0.6) is 0 Å². The Hall–Kier alpha value is -1.79. The molecule has 1 N–H and O–H groups in total. The Morgan fingerprint density at radius 1 is 1.22 bits per heavy atom. The van der Waals surface area contributed by atoms with E-state index in [1.807, 2.05) is 29.0 Å². The molecule has 0 fully saturated rings. The van der Waals surface area contributed by atoms with E-state index in [-0.39, 0.29) is 5.78 Å². The molecule has 4 nitrogen and oxygen atoms in total. The van der Waals surface area contributed by atoms with Gasteiger partial charge < -0.3 is 5.32 Å². The third-order valence-electron chi connectivity index (χ3n) is 2.49. The third-order valence-corrected chi connectivity index (χ3v) is 4.27. The van der Waals surface area contributed by atoms with Crippen LogP contribution in [0, 0.1) is 0 Å². The van der Waals surface area contributed by atoms with Crippen LogP contribution < -0.4 is 5.32 Å². The lowest BCUT2D eigenvalue weighted by molar-refractivity contribution is 0.104. The molecule has 0 aliphatic carbocycles. The van der Waals surface area contributed by atoms with E-state index in [9.17, 15) is 4.79 Å². The number of fused-ring (bicyclic) bond motifs is 1. The molecule has 3 aromatic rings. The number of carbonyl (C=O) groups excluding carboxylic acids is 1. The summed E-state index contributed by atoms with van der Waals surface area (Å²) >= 11 is 2.91. The van der Waals surface area contributed by atoms with Crippen LogP contribution in [-0.4, -0.2) is 22.8 Å². The number of carbonyl (C=O) groups is 1. The molecule has 0 radical (unpaired) electrons. The predicted octanol–water partition coefficient (Wildman–Crippen LogP) is 3.03. The predicted molar refractivity (Wildman–Crippen MR) is 74.7 cm³/mol. The molecule has 0 unspecified atom stereocenters. The van der Waals surface area contributed by atoms with Gasteiger partial charge >= 0.3 is 0 Å². The summed E-state index contributed by atoms with van der Waals surface area (Å²) in [4.78, 5) is 21.7. The number of rotatable bonds is 3. The Balaban J connectivity index is 2.21. The lowest BCUT2D eigenvalue weighted by Crippen LogP contribution is -2.06. The molecule has 0 bridgehead atoms. The molecule has 0 aromatic carbocycles. The van der Waals surface area contributed by atoms with Crippen molar-refractivity contribution in [3.8, 4) is 0 Å². The average molecular weight is 275 g/mol. The maximum Gasteiger partial charge on any atom is 0.223 e. The van der Waals surface area contributed by atoms with E-state index in [1.165, 1.54) is 22.7 Å². The molecule has 6 heteroatoms. The van der Waals surface area contributed by atoms with Crippen LogP contribution in [0.1, 0.15) is 15.4 Å². The number of nitrogens with zero attached hydrogens (tertiary/aromatic N) is 2. The van der Waals surface area contributed by atoms with Gasteiger partial charge in [-0.2, -0.15) is 0 Å². The number of hydrogen-bond acceptors (Lipinski definition) is 6. The molecular weight excluding hydrogens is 266 g/mol. The zero-order valence-electron chi connectivity index (χ0n) is 9.51. The van der Waals surface area contributed by atoms with Crippen LogP contribution in [0.3, 0.4) is 0 Å². The zero-order chi connectivity index (χ0) is 12.5. The van der Waals surface area contributed by atoms with Gasteiger partial charge in [-0.1, -0.05) is 6.07 Å². The van der Waals surface area contributed by atoms with Gasteiger partial charge in [0, 0.05) is 7.05 Å². The van der Waals surface area contributed by atoms with Crippen molar-refractivity contribution in [2.45, 2.75) is 0 Å². The summed E-state index contributed by atoms with van der Waals surface area (Å²) in [5, 5.41) is 6.69. The minimum atomic E-state index is -0.0450. The number of ketones is 1. The van der Waals surface area contributed by atoms with Gasteiger partial charge in [0.25, 0.3) is 0 Å². The number of thiophene rings is 2. The standard InChI is InChI=1S/C12H9N3OS2/c1-13-12-14-7-4-6-18-11(7)9(15-12)10(16)8-3-2-5-17-8/h2-6H,1H3,(H,13,14,15). The van der Waals surface area contributed by atoms with E-state index in [1.54, 1.807) is 7.05 Å². The molecule has 0 aliphatic rings. The first-order chi connectivity index (χ1) is 8.79. The Morgan fingerprint density at radius 3 is 2.83 bits per heavy atom. The normalized spacial score (nSPS) is 10.7. The number of nitrogens with one attached hydrogen (secondary N) is 1. The first-order valence-corrected chi connectivity index (χ1v) is 7.06. The number of aromatic nitrogens is 2. The van der Waals surface area contributed by atoms with E-state index < -0.39 is 0 Å². The maximum atomic E-state index is 12.4. The summed E-state index contributed by atoms with van der Waals surface area (Å²) in [6, 6.07) is 5.57. The molecule has 0 spiro atoms. The second-order valence-corrected chi connectivity index (χ2v) is 5.45. The van der Waals surface area contributed by atoms with Gasteiger partial charge in [0.15, 0.2) is 0 Å². The van der Waals surface area contributed by atoms with E-state index in [0.29, 0.717) is 16.5 Å². The first-order valence-electron chi connectivity index (χ1n) is 5.31. The van der Waals surface area contributed by atoms with Gasteiger partial charge in [-0.15, -0.1) is 22.7 Å². The Kier molecular flexibility index (Phi) is 2.81. The maximum absolute atomic E-state index is 12.4. The lowest BCUT2D eigenvalue weighted by Gasteiger charge is -2.03. The number of anilines is 1. The second kappa shape index (κ2) is 4.47. The highest BCUT2D eigenvalue weighted by Gasteiger charge is 2.18. The third kappa shape index (κ3) is 1.79. The van der Waals surface area contributed by atoms with Crippen molar-refractivity contribution in [1.29, 1.82) is 0 Å². The molecule has 0 saturated carbocycles. The fourth-order valence-corrected chi connectivity index (χ4v) is 3.14. The van der Waals surface area contributed by atoms with Crippen molar-refractivity contribution in [1.82, 2.24) is 9.97 Å². The molecule has 0 atom stereocenters. The van der Waals surface area contributed by atoms with Crippen molar-refractivity contribution >= 4 is 44.6 Å². The van der Waals surface area contributed by atoms with Crippen molar-refractivity contribution < 1.29 is 4.79 Å². The van der Waals surface area contributed by atoms with Crippen LogP contribution in [-0.2, 0) is 0 Å². The first kappa shape index (κ1) is 11.3. The summed E-state index contributed by atoms with van der Waals surface area (Å²) in [6.45, 7) is 0. The summed E-state index contributed by atoms with van der Waals surface area (Å²) < 4.78 is 0.840. The summed E-state index contributed by atoms with van der Waals surface area (Å²) in [5.74, 6) is 0.428. The highest BCUT2D eigenvalue weighted by atomic mass is 32.1. The highest BCUT2D eigenvalue weighted by molar-refractivity contribution is 7.17. The van der Waals surface area contributed by atoms with Gasteiger partial charge in [-0.3, -0.25) is 4.79 Å². The largest absolute Gasteiger partial charge is 0.357 e. The summed E-state index contributed by atoms with van der Waals surface area (Å²) in [7, 11) is 1.74. The lowest BCUT2D eigenvalue weighted by atomic mass is 10.2. The Morgan fingerprint density at radius 2 is 2.11 bits per heavy atom. The van der Waals surface area contributed by atoms with Crippen LogP contribution >= 0.6 is 22.7 Å². The quantitative estimate of drug-likeness (QED) is 0.746. The topological polar surface area (TPSA) is 54.9 Å². The minimum absolute atomic E-state index is 0.0450. The number of hydrogen-bond donors (Lipinski definition) is 1. The highest BCUT2D eigenvalue weighted by Crippen LogP contribution is 2.26. The van der Waals surface area contributed by atoms with Gasteiger partial charge in [-0.25, -0.2) is 9.97 Å². The van der Waals surface area contributed by atoms with Gasteiger partial charge in [0.2, 0.25) is 11.7 Å². The molecule has 3 aromatic heterocycles. The van der Waals surface area contributed by atoms with Crippen LogP contribution in [0.2, 0.25) is 0 Å². The Bertz CT molecular complexity index is 703. The fraction of sp³-hybridized carbons (Fsp3) is 0.0833. The second-order valence-electron chi connectivity index (χ2n) is 3.59. The molecular formula is C12H9N3OS2. The van der Waals surface area contributed by atoms with Crippen LogP contribution in [0.15, 0.2) is 29.0 Å². The minimum Gasteiger partial charge on any atom is -0.357 e. The van der Waals surface area contributed by atoms with Gasteiger partial charge in [0.05, 0.1) is 15.1 Å². The fourth-order valence-electron chi connectivity index (χ4n) is 1.65. The monoisotopic (exact) mass is 275 g/mol. The molecule has 0 amide bonds.